The third-order valence-corrected chi connectivity index (χ3v) is 5.45. The fourth-order valence-electron chi connectivity index (χ4n) is 2.82. The molecule has 2 aromatic rings. The average Bonchev–Trinajstić information content (AvgIpc) is 3.12. The monoisotopic (exact) mass is 317 g/mol. The number of allylic oxidation sites excluding steroid dienone is 1. The van der Waals surface area contributed by atoms with Crippen molar-refractivity contribution in [1.82, 2.24) is 4.90 Å². The minimum absolute atomic E-state index is 0.174. The van der Waals surface area contributed by atoms with Crippen molar-refractivity contribution < 1.29 is 9.15 Å². The molecule has 3 unspecified atom stereocenters. The van der Waals surface area contributed by atoms with Crippen LogP contribution in [0.2, 0.25) is 0 Å². The van der Waals surface area contributed by atoms with Gasteiger partial charge >= 0.3 is 0 Å². The molecule has 22 heavy (non-hydrogen) atoms. The predicted octanol–water partition coefficient (Wildman–Crippen LogP) is 4.40. The molecule has 3 atom stereocenters. The molecule has 1 aromatic heterocycles. The molecule has 4 heteroatoms. The van der Waals surface area contributed by atoms with Crippen LogP contribution in [0.1, 0.15) is 13.3 Å². The van der Waals surface area contributed by atoms with Gasteiger partial charge in [0.1, 0.15) is 6.10 Å². The average molecular weight is 317 g/mol. The van der Waals surface area contributed by atoms with Crippen molar-refractivity contribution in [3.05, 3.63) is 42.0 Å². The smallest absolute Gasteiger partial charge is 0.175 e. The number of furan rings is 1. The van der Waals surface area contributed by atoms with Gasteiger partial charge < -0.3 is 14.1 Å². The van der Waals surface area contributed by atoms with E-state index in [1.54, 1.807) is 6.26 Å². The van der Waals surface area contributed by atoms with Crippen LogP contribution < -0.4 is 4.74 Å². The van der Waals surface area contributed by atoms with Gasteiger partial charge in [-0.15, -0.1) is 11.8 Å². The number of nitrogens with zero attached hydrogens (tertiary/aromatic N) is 1. The van der Waals surface area contributed by atoms with Crippen molar-refractivity contribution >= 4 is 22.7 Å². The van der Waals surface area contributed by atoms with E-state index in [2.05, 4.69) is 43.5 Å². The molecule has 0 saturated carbocycles. The summed E-state index contributed by atoms with van der Waals surface area (Å²) in [5, 5.41) is 3.76. The van der Waals surface area contributed by atoms with Gasteiger partial charge in [-0.3, -0.25) is 0 Å². The highest BCUT2D eigenvalue weighted by molar-refractivity contribution is 8.03. The van der Waals surface area contributed by atoms with Gasteiger partial charge in [-0.2, -0.15) is 0 Å². The second-order valence-electron chi connectivity index (χ2n) is 6.13. The summed E-state index contributed by atoms with van der Waals surface area (Å²) in [6, 6.07) is 8.06. The lowest BCUT2D eigenvalue weighted by atomic mass is 10.0. The Bertz CT molecular complexity index is 649. The highest BCUT2D eigenvalue weighted by Gasteiger charge is 2.30. The largest absolute Gasteiger partial charge is 0.485 e. The molecule has 118 valence electrons. The van der Waals surface area contributed by atoms with Crippen LogP contribution in [0.3, 0.4) is 0 Å². The van der Waals surface area contributed by atoms with E-state index >= 15 is 0 Å². The number of hydrogen-bond donors (Lipinski definition) is 0. The van der Waals surface area contributed by atoms with Gasteiger partial charge in [-0.25, -0.2) is 0 Å². The number of hydrogen-bond acceptors (Lipinski definition) is 4. The molecule has 1 aromatic carbocycles. The van der Waals surface area contributed by atoms with Crippen molar-refractivity contribution in [2.45, 2.75) is 24.7 Å². The quantitative estimate of drug-likeness (QED) is 0.789. The molecule has 0 fully saturated rings. The van der Waals surface area contributed by atoms with Crippen LogP contribution >= 0.6 is 11.8 Å². The Labute approximate surface area is 136 Å². The maximum atomic E-state index is 6.41. The fraction of sp³-hybridized carbons (Fsp3) is 0.444. The maximum Gasteiger partial charge on any atom is 0.175 e. The van der Waals surface area contributed by atoms with Crippen LogP contribution in [0.25, 0.3) is 11.0 Å². The summed E-state index contributed by atoms with van der Waals surface area (Å²) in [7, 11) is 4.21. The van der Waals surface area contributed by atoms with Crippen molar-refractivity contribution in [3.63, 3.8) is 0 Å². The summed E-state index contributed by atoms with van der Waals surface area (Å²) in [5.74, 6) is 1.39. The second-order valence-corrected chi connectivity index (χ2v) is 7.22. The summed E-state index contributed by atoms with van der Waals surface area (Å²) < 4.78 is 12.0. The molecule has 1 aliphatic rings. The highest BCUT2D eigenvalue weighted by atomic mass is 32.2. The fourth-order valence-corrected chi connectivity index (χ4v) is 4.04. The van der Waals surface area contributed by atoms with E-state index in [4.69, 9.17) is 9.15 Å². The number of rotatable bonds is 6. The zero-order valence-corrected chi connectivity index (χ0v) is 14.2. The van der Waals surface area contributed by atoms with E-state index < -0.39 is 0 Å². The van der Waals surface area contributed by atoms with Crippen molar-refractivity contribution in [1.29, 1.82) is 0 Å². The minimum Gasteiger partial charge on any atom is -0.485 e. The zero-order chi connectivity index (χ0) is 15.5. The third kappa shape index (κ3) is 3.33. The highest BCUT2D eigenvalue weighted by Crippen LogP contribution is 2.36. The molecule has 0 radical (unpaired) electrons. The van der Waals surface area contributed by atoms with Gasteiger partial charge in [0.05, 0.1) is 11.5 Å². The molecule has 3 nitrogen and oxygen atoms in total. The van der Waals surface area contributed by atoms with Crippen LogP contribution in [0, 0.1) is 5.92 Å². The van der Waals surface area contributed by atoms with E-state index in [0.29, 0.717) is 11.2 Å². The number of thioether (sulfide) groups is 1. The Morgan fingerprint density at radius 3 is 2.91 bits per heavy atom. The van der Waals surface area contributed by atoms with Crippen molar-refractivity contribution in [2.75, 3.05) is 20.6 Å². The molecule has 0 N–H and O–H groups in total. The third-order valence-electron chi connectivity index (χ3n) is 4.08. The SMILES string of the molecule is CC1C=CSC1C(CCN(C)C)Oc1cccc2ccoc12. The number of para-hydroxylation sites is 1. The topological polar surface area (TPSA) is 25.6 Å². The Balaban J connectivity index is 1.81. The molecule has 0 spiro atoms. The lowest BCUT2D eigenvalue weighted by Crippen LogP contribution is -2.35. The lowest BCUT2D eigenvalue weighted by molar-refractivity contribution is 0.164. The van der Waals surface area contributed by atoms with Crippen molar-refractivity contribution in [3.8, 4) is 5.75 Å². The number of fused-ring (bicyclic) bond motifs is 1. The molecule has 3 rings (SSSR count). The molecule has 0 amide bonds. The van der Waals surface area contributed by atoms with E-state index in [-0.39, 0.29) is 6.10 Å². The predicted molar refractivity (Wildman–Crippen MR) is 93.5 cm³/mol. The summed E-state index contributed by atoms with van der Waals surface area (Å²) in [6.45, 7) is 3.28. The first-order chi connectivity index (χ1) is 10.6. The van der Waals surface area contributed by atoms with Crippen LogP contribution in [0.15, 0.2) is 46.4 Å². The summed E-state index contributed by atoms with van der Waals surface area (Å²) in [4.78, 5) is 2.21. The molecule has 1 aliphatic heterocycles. The van der Waals surface area contributed by atoms with Gasteiger partial charge in [0.2, 0.25) is 0 Å². The Kier molecular flexibility index (Phi) is 4.79. The first kappa shape index (κ1) is 15.5. The van der Waals surface area contributed by atoms with E-state index in [1.165, 1.54) is 0 Å². The Morgan fingerprint density at radius 1 is 1.32 bits per heavy atom. The number of ether oxygens (including phenoxy) is 1. The molecule has 0 bridgehead atoms. The van der Waals surface area contributed by atoms with E-state index in [9.17, 15) is 0 Å². The summed E-state index contributed by atoms with van der Waals surface area (Å²) >= 11 is 1.88. The van der Waals surface area contributed by atoms with Crippen LogP contribution in [-0.4, -0.2) is 36.9 Å². The van der Waals surface area contributed by atoms with Gasteiger partial charge in [-0.05, 0) is 44.0 Å². The molecular weight excluding hydrogens is 294 g/mol. The van der Waals surface area contributed by atoms with Gasteiger partial charge in [-0.1, -0.05) is 25.1 Å². The van der Waals surface area contributed by atoms with Gasteiger partial charge in [0.25, 0.3) is 0 Å². The van der Waals surface area contributed by atoms with E-state index in [1.807, 2.05) is 30.0 Å². The van der Waals surface area contributed by atoms with Gasteiger partial charge in [0, 0.05) is 11.9 Å². The maximum absolute atomic E-state index is 6.41. The summed E-state index contributed by atoms with van der Waals surface area (Å²) in [6.07, 6.45) is 5.18. The Morgan fingerprint density at radius 2 is 2.18 bits per heavy atom. The van der Waals surface area contributed by atoms with Gasteiger partial charge in [0.15, 0.2) is 11.3 Å². The standard InChI is InChI=1S/C18H23NO2S/c1-13-9-12-22-18(13)16(7-10-19(2)3)21-15-6-4-5-14-8-11-20-17(14)15/h4-6,8-9,11-13,16,18H,7,10H2,1-3H3. The molecular formula is C18H23NO2S. The minimum atomic E-state index is 0.174. The molecule has 0 aliphatic carbocycles. The lowest BCUT2D eigenvalue weighted by Gasteiger charge is -2.28. The first-order valence-electron chi connectivity index (χ1n) is 7.75. The Hall–Kier alpha value is -1.39. The second kappa shape index (κ2) is 6.80. The van der Waals surface area contributed by atoms with Crippen LogP contribution in [0.4, 0.5) is 0 Å². The molecule has 2 heterocycles. The van der Waals surface area contributed by atoms with Crippen LogP contribution in [0.5, 0.6) is 5.75 Å². The normalized spacial score (nSPS) is 22.5. The first-order valence-corrected chi connectivity index (χ1v) is 8.69. The van der Waals surface area contributed by atoms with E-state index in [0.717, 1.165) is 29.7 Å². The van der Waals surface area contributed by atoms with Crippen molar-refractivity contribution in [2.24, 2.45) is 5.92 Å². The zero-order valence-electron chi connectivity index (χ0n) is 13.4. The summed E-state index contributed by atoms with van der Waals surface area (Å²) in [5.41, 5.74) is 0.848. The van der Waals surface area contributed by atoms with Crippen LogP contribution in [-0.2, 0) is 0 Å². The number of benzene rings is 1. The molecule has 0 saturated heterocycles.